The van der Waals surface area contributed by atoms with Crippen molar-refractivity contribution < 1.29 is 9.59 Å². The normalized spacial score (nSPS) is 29.4. The van der Waals surface area contributed by atoms with E-state index < -0.39 is 0 Å². The van der Waals surface area contributed by atoms with Crippen LogP contribution in [-0.2, 0) is 9.59 Å². The first-order chi connectivity index (χ1) is 11.3. The van der Waals surface area contributed by atoms with Gasteiger partial charge in [0.2, 0.25) is 11.8 Å². The topological polar surface area (TPSA) is 47.1 Å². The highest BCUT2D eigenvalue weighted by molar-refractivity contribution is 5.73. The number of hydrogen-bond donors (Lipinski definition) is 0. The Morgan fingerprint density at radius 2 is 1.46 bits per heavy atom. The molecule has 0 saturated carbocycles. The Labute approximate surface area is 145 Å². The zero-order valence-electron chi connectivity index (χ0n) is 15.6. The highest BCUT2D eigenvalue weighted by Crippen LogP contribution is 2.30. The predicted octanol–water partition coefficient (Wildman–Crippen LogP) is 0.624. The lowest BCUT2D eigenvalue weighted by atomic mass is 9.91. The SMILES string of the molecule is CC(=O)N1CCC(N2CCN3[C@H](CN(C(C)=O)CC3(C)C)C2)CC1. The summed E-state index contributed by atoms with van der Waals surface area (Å²) in [6.07, 6.45) is 2.15. The van der Waals surface area contributed by atoms with Crippen molar-refractivity contribution in [2.45, 2.75) is 58.2 Å². The summed E-state index contributed by atoms with van der Waals surface area (Å²) in [6.45, 7) is 14.5. The quantitative estimate of drug-likeness (QED) is 0.704. The number of rotatable bonds is 1. The first kappa shape index (κ1) is 17.7. The van der Waals surface area contributed by atoms with Crippen LogP contribution in [0.5, 0.6) is 0 Å². The summed E-state index contributed by atoms with van der Waals surface area (Å²) in [6, 6.07) is 1.01. The molecule has 0 aromatic carbocycles. The molecule has 0 N–H and O–H groups in total. The van der Waals surface area contributed by atoms with Gasteiger partial charge in [-0.15, -0.1) is 0 Å². The van der Waals surface area contributed by atoms with Crippen LogP contribution in [-0.4, -0.2) is 94.8 Å². The molecular formula is C18H32N4O2. The highest BCUT2D eigenvalue weighted by Gasteiger charge is 2.44. The van der Waals surface area contributed by atoms with Gasteiger partial charge in [-0.1, -0.05) is 0 Å². The van der Waals surface area contributed by atoms with Crippen LogP contribution in [0.25, 0.3) is 0 Å². The van der Waals surface area contributed by atoms with E-state index in [2.05, 4.69) is 23.6 Å². The standard InChI is InChI=1S/C18H32N4O2/c1-14(23)19-7-5-16(6-8-19)20-9-10-22-17(11-20)12-21(15(2)24)13-18(22,3)4/h16-17H,5-13H2,1-4H3/t17-/m0/s1. The fourth-order valence-electron chi connectivity index (χ4n) is 4.83. The van der Waals surface area contributed by atoms with Gasteiger partial charge in [0.05, 0.1) is 0 Å². The number of nitrogens with zero attached hydrogens (tertiary/aromatic N) is 4. The van der Waals surface area contributed by atoms with Gasteiger partial charge in [0.15, 0.2) is 0 Å². The molecule has 3 rings (SSSR count). The molecular weight excluding hydrogens is 304 g/mol. The van der Waals surface area contributed by atoms with Gasteiger partial charge in [-0.2, -0.15) is 0 Å². The fourth-order valence-corrected chi connectivity index (χ4v) is 4.83. The van der Waals surface area contributed by atoms with E-state index in [-0.39, 0.29) is 17.4 Å². The minimum absolute atomic E-state index is 0.0542. The second kappa shape index (κ2) is 6.64. The second-order valence-corrected chi connectivity index (χ2v) is 8.29. The average molecular weight is 336 g/mol. The molecule has 3 aliphatic heterocycles. The van der Waals surface area contributed by atoms with Crippen LogP contribution in [0.15, 0.2) is 0 Å². The maximum atomic E-state index is 11.9. The van der Waals surface area contributed by atoms with Crippen LogP contribution in [0, 0.1) is 0 Å². The third-order valence-corrected chi connectivity index (χ3v) is 6.17. The number of piperazine rings is 2. The monoisotopic (exact) mass is 336 g/mol. The zero-order chi connectivity index (χ0) is 17.5. The highest BCUT2D eigenvalue weighted by atomic mass is 16.2. The van der Waals surface area contributed by atoms with Gasteiger partial charge < -0.3 is 9.80 Å². The van der Waals surface area contributed by atoms with E-state index >= 15 is 0 Å². The molecule has 24 heavy (non-hydrogen) atoms. The zero-order valence-corrected chi connectivity index (χ0v) is 15.6. The second-order valence-electron chi connectivity index (χ2n) is 8.29. The molecule has 0 unspecified atom stereocenters. The molecule has 0 spiro atoms. The van der Waals surface area contributed by atoms with Gasteiger partial charge in [-0.3, -0.25) is 19.4 Å². The molecule has 0 radical (unpaired) electrons. The number of amides is 2. The van der Waals surface area contributed by atoms with Crippen molar-refractivity contribution in [1.29, 1.82) is 0 Å². The molecule has 0 aromatic heterocycles. The van der Waals surface area contributed by atoms with E-state index in [1.165, 1.54) is 0 Å². The number of hydrogen-bond acceptors (Lipinski definition) is 4. The smallest absolute Gasteiger partial charge is 0.219 e. The lowest BCUT2D eigenvalue weighted by Gasteiger charge is -2.56. The Kier molecular flexibility index (Phi) is 4.89. The number of carbonyl (C=O) groups excluding carboxylic acids is 2. The Hall–Kier alpha value is -1.14. The van der Waals surface area contributed by atoms with Gasteiger partial charge in [-0.25, -0.2) is 0 Å². The van der Waals surface area contributed by atoms with Crippen LogP contribution in [0.3, 0.4) is 0 Å². The number of piperidine rings is 1. The van der Waals surface area contributed by atoms with Gasteiger partial charge in [0.1, 0.15) is 0 Å². The van der Waals surface area contributed by atoms with Crippen LogP contribution >= 0.6 is 0 Å². The number of carbonyl (C=O) groups is 2. The van der Waals surface area contributed by atoms with E-state index in [1.807, 2.05) is 9.80 Å². The lowest BCUT2D eigenvalue weighted by molar-refractivity contribution is -0.140. The van der Waals surface area contributed by atoms with Crippen LogP contribution in [0.2, 0.25) is 0 Å². The summed E-state index contributed by atoms with van der Waals surface area (Å²) in [5.74, 6) is 0.388. The molecule has 6 heteroatoms. The Morgan fingerprint density at radius 1 is 0.833 bits per heavy atom. The summed E-state index contributed by atoms with van der Waals surface area (Å²) in [5.41, 5.74) is 0.0542. The van der Waals surface area contributed by atoms with Crippen LogP contribution in [0.4, 0.5) is 0 Å². The molecule has 136 valence electrons. The van der Waals surface area contributed by atoms with E-state index in [0.717, 1.165) is 58.7 Å². The minimum Gasteiger partial charge on any atom is -0.343 e. The molecule has 3 aliphatic rings. The minimum atomic E-state index is 0.0542. The van der Waals surface area contributed by atoms with E-state index in [1.54, 1.807) is 13.8 Å². The van der Waals surface area contributed by atoms with Crippen molar-refractivity contribution in [1.82, 2.24) is 19.6 Å². The van der Waals surface area contributed by atoms with Crippen molar-refractivity contribution >= 4 is 11.8 Å². The largest absolute Gasteiger partial charge is 0.343 e. The van der Waals surface area contributed by atoms with Crippen molar-refractivity contribution in [2.24, 2.45) is 0 Å². The third-order valence-electron chi connectivity index (χ3n) is 6.17. The van der Waals surface area contributed by atoms with Crippen molar-refractivity contribution in [3.8, 4) is 0 Å². The number of likely N-dealkylation sites (tertiary alicyclic amines) is 1. The fraction of sp³-hybridized carbons (Fsp3) is 0.889. The lowest BCUT2D eigenvalue weighted by Crippen LogP contribution is -2.71. The first-order valence-electron chi connectivity index (χ1n) is 9.30. The van der Waals surface area contributed by atoms with E-state index in [4.69, 9.17) is 0 Å². The van der Waals surface area contributed by atoms with Crippen LogP contribution in [0.1, 0.15) is 40.5 Å². The Balaban J connectivity index is 1.63. The number of fused-ring (bicyclic) bond motifs is 1. The van der Waals surface area contributed by atoms with Crippen molar-refractivity contribution in [3.05, 3.63) is 0 Å². The maximum Gasteiger partial charge on any atom is 0.219 e. The molecule has 2 amide bonds. The molecule has 3 saturated heterocycles. The third kappa shape index (κ3) is 3.45. The molecule has 3 heterocycles. The molecule has 0 bridgehead atoms. The maximum absolute atomic E-state index is 11.9. The molecule has 6 nitrogen and oxygen atoms in total. The van der Waals surface area contributed by atoms with Crippen molar-refractivity contribution in [3.63, 3.8) is 0 Å². The summed E-state index contributed by atoms with van der Waals surface area (Å²) in [4.78, 5) is 32.6. The molecule has 1 atom stereocenters. The predicted molar refractivity (Wildman–Crippen MR) is 93.7 cm³/mol. The van der Waals surface area contributed by atoms with Gasteiger partial charge >= 0.3 is 0 Å². The van der Waals surface area contributed by atoms with Gasteiger partial charge in [0, 0.05) is 77.3 Å². The van der Waals surface area contributed by atoms with Crippen LogP contribution < -0.4 is 0 Å². The van der Waals surface area contributed by atoms with Gasteiger partial charge in [0.25, 0.3) is 0 Å². The first-order valence-corrected chi connectivity index (χ1v) is 9.30. The summed E-state index contributed by atoms with van der Waals surface area (Å²) >= 11 is 0. The summed E-state index contributed by atoms with van der Waals surface area (Å²) in [5, 5.41) is 0. The van der Waals surface area contributed by atoms with Crippen molar-refractivity contribution in [2.75, 3.05) is 45.8 Å². The molecule has 0 aliphatic carbocycles. The molecule has 3 fully saturated rings. The van der Waals surface area contributed by atoms with Gasteiger partial charge in [-0.05, 0) is 26.7 Å². The Morgan fingerprint density at radius 3 is 2.04 bits per heavy atom. The Bertz CT molecular complexity index is 499. The van der Waals surface area contributed by atoms with E-state index in [9.17, 15) is 9.59 Å². The van der Waals surface area contributed by atoms with E-state index in [0.29, 0.717) is 12.1 Å². The molecule has 0 aromatic rings. The average Bonchev–Trinajstić information content (AvgIpc) is 2.53. The summed E-state index contributed by atoms with van der Waals surface area (Å²) in [7, 11) is 0. The summed E-state index contributed by atoms with van der Waals surface area (Å²) < 4.78 is 0.